The number of likely N-dealkylation sites (N-methyl/N-ethyl adjacent to an activating group) is 1. The lowest BCUT2D eigenvalue weighted by Gasteiger charge is -2.34. The molecular weight excluding hydrogens is 188 g/mol. The van der Waals surface area contributed by atoms with Gasteiger partial charge in [-0.05, 0) is 32.2 Å². The number of hydrogen-bond donors (Lipinski definition) is 1. The summed E-state index contributed by atoms with van der Waals surface area (Å²) in [5.41, 5.74) is 0. The minimum absolute atomic E-state index is 0.335. The smallest absolute Gasteiger partial charge is 0.222 e. The van der Waals surface area contributed by atoms with Crippen molar-refractivity contribution in [1.29, 1.82) is 0 Å². The molecule has 1 amide bonds. The summed E-state index contributed by atoms with van der Waals surface area (Å²) in [7, 11) is 1.94. The maximum absolute atomic E-state index is 11.9. The lowest BCUT2D eigenvalue weighted by atomic mass is 9.86. The van der Waals surface area contributed by atoms with E-state index in [1.807, 2.05) is 11.9 Å². The molecule has 0 aromatic heterocycles. The topological polar surface area (TPSA) is 32.3 Å². The number of nitrogens with zero attached hydrogens (tertiary/aromatic N) is 1. The molecule has 0 aliphatic carbocycles. The Bertz CT molecular complexity index is 216. The van der Waals surface area contributed by atoms with Crippen LogP contribution in [-0.2, 0) is 4.79 Å². The average molecular weight is 212 g/mol. The van der Waals surface area contributed by atoms with E-state index in [0.29, 0.717) is 23.8 Å². The van der Waals surface area contributed by atoms with Crippen LogP contribution in [0.2, 0.25) is 0 Å². The summed E-state index contributed by atoms with van der Waals surface area (Å²) >= 11 is 0. The van der Waals surface area contributed by atoms with E-state index in [1.165, 1.54) is 6.42 Å². The molecule has 1 rings (SSSR count). The van der Waals surface area contributed by atoms with Gasteiger partial charge in [-0.2, -0.15) is 0 Å². The zero-order valence-electron chi connectivity index (χ0n) is 10.4. The number of hydrogen-bond acceptors (Lipinski definition) is 2. The van der Waals surface area contributed by atoms with Crippen LogP contribution in [0.15, 0.2) is 0 Å². The lowest BCUT2D eigenvalue weighted by Crippen LogP contribution is -2.45. The van der Waals surface area contributed by atoms with Crippen LogP contribution < -0.4 is 5.32 Å². The van der Waals surface area contributed by atoms with E-state index in [0.717, 1.165) is 19.5 Å². The normalized spacial score (nSPS) is 24.7. The summed E-state index contributed by atoms with van der Waals surface area (Å²) in [6, 6.07) is 0.393. The van der Waals surface area contributed by atoms with Crippen LogP contribution in [0.5, 0.6) is 0 Å². The van der Waals surface area contributed by atoms with E-state index in [9.17, 15) is 4.79 Å². The zero-order valence-corrected chi connectivity index (χ0v) is 10.4. The Morgan fingerprint density at radius 2 is 2.13 bits per heavy atom. The standard InChI is InChI=1S/C12H24N2O/c1-9(2)11-5-6-14(12(15)7-11)8-10(3)13-4/h9-11,13H,5-8H2,1-4H3. The van der Waals surface area contributed by atoms with Crippen LogP contribution in [0.4, 0.5) is 0 Å². The zero-order chi connectivity index (χ0) is 11.4. The van der Waals surface area contributed by atoms with Gasteiger partial charge in [-0.1, -0.05) is 13.8 Å². The Morgan fingerprint density at radius 1 is 1.47 bits per heavy atom. The minimum atomic E-state index is 0.335. The van der Waals surface area contributed by atoms with Crippen LogP contribution >= 0.6 is 0 Å². The van der Waals surface area contributed by atoms with Crippen LogP contribution in [0, 0.1) is 11.8 Å². The van der Waals surface area contributed by atoms with Crippen molar-refractivity contribution in [2.45, 2.75) is 39.7 Å². The molecule has 1 saturated heterocycles. The molecular formula is C12H24N2O. The van der Waals surface area contributed by atoms with Gasteiger partial charge in [0.25, 0.3) is 0 Å². The Labute approximate surface area is 93.2 Å². The number of carbonyl (C=O) groups excluding carboxylic acids is 1. The van der Waals surface area contributed by atoms with Crippen molar-refractivity contribution in [3.05, 3.63) is 0 Å². The van der Waals surface area contributed by atoms with E-state index in [-0.39, 0.29) is 0 Å². The highest BCUT2D eigenvalue weighted by Crippen LogP contribution is 2.25. The number of amides is 1. The molecule has 1 N–H and O–H groups in total. The van der Waals surface area contributed by atoms with Crippen LogP contribution in [0.25, 0.3) is 0 Å². The second-order valence-electron chi connectivity index (χ2n) is 5.03. The summed E-state index contributed by atoms with van der Waals surface area (Å²) in [5.74, 6) is 1.57. The number of carbonyl (C=O) groups is 1. The summed E-state index contributed by atoms with van der Waals surface area (Å²) in [6.07, 6.45) is 1.91. The summed E-state index contributed by atoms with van der Waals surface area (Å²) < 4.78 is 0. The first-order chi connectivity index (χ1) is 7.04. The van der Waals surface area contributed by atoms with Crippen molar-refractivity contribution < 1.29 is 4.79 Å². The van der Waals surface area contributed by atoms with E-state index in [4.69, 9.17) is 0 Å². The Kier molecular flexibility index (Phi) is 4.58. The van der Waals surface area contributed by atoms with Gasteiger partial charge in [0, 0.05) is 25.6 Å². The Hall–Kier alpha value is -0.570. The molecule has 15 heavy (non-hydrogen) atoms. The summed E-state index contributed by atoms with van der Waals surface area (Å²) in [6.45, 7) is 8.32. The number of likely N-dealkylation sites (tertiary alicyclic amines) is 1. The molecule has 2 atom stereocenters. The van der Waals surface area contributed by atoms with Crippen LogP contribution in [0.1, 0.15) is 33.6 Å². The molecule has 2 unspecified atom stereocenters. The first kappa shape index (κ1) is 12.5. The van der Waals surface area contributed by atoms with Crippen molar-refractivity contribution in [3.63, 3.8) is 0 Å². The van der Waals surface area contributed by atoms with Gasteiger partial charge in [0.2, 0.25) is 5.91 Å². The first-order valence-corrected chi connectivity index (χ1v) is 5.99. The lowest BCUT2D eigenvalue weighted by molar-refractivity contribution is -0.136. The van der Waals surface area contributed by atoms with Crippen molar-refractivity contribution in [2.24, 2.45) is 11.8 Å². The highest BCUT2D eigenvalue weighted by atomic mass is 16.2. The molecule has 0 bridgehead atoms. The van der Waals surface area contributed by atoms with E-state index in [2.05, 4.69) is 26.1 Å². The van der Waals surface area contributed by atoms with Gasteiger partial charge in [-0.15, -0.1) is 0 Å². The predicted octanol–water partition coefficient (Wildman–Crippen LogP) is 1.49. The molecule has 88 valence electrons. The molecule has 3 heteroatoms. The fraction of sp³-hybridized carbons (Fsp3) is 0.917. The molecule has 0 saturated carbocycles. The van der Waals surface area contributed by atoms with E-state index in [1.54, 1.807) is 0 Å². The highest BCUT2D eigenvalue weighted by molar-refractivity contribution is 5.77. The van der Waals surface area contributed by atoms with Crippen LogP contribution in [-0.4, -0.2) is 37.0 Å². The molecule has 1 aliphatic heterocycles. The summed E-state index contributed by atoms with van der Waals surface area (Å²) in [5, 5.41) is 3.17. The maximum Gasteiger partial charge on any atom is 0.222 e. The van der Waals surface area contributed by atoms with Gasteiger partial charge in [-0.25, -0.2) is 0 Å². The second kappa shape index (κ2) is 5.50. The fourth-order valence-corrected chi connectivity index (χ4v) is 2.09. The van der Waals surface area contributed by atoms with Gasteiger partial charge >= 0.3 is 0 Å². The number of nitrogens with one attached hydrogen (secondary N) is 1. The molecule has 0 aromatic carbocycles. The largest absolute Gasteiger partial charge is 0.341 e. The van der Waals surface area contributed by atoms with Gasteiger partial charge in [0.05, 0.1) is 0 Å². The average Bonchev–Trinajstić information content (AvgIpc) is 2.20. The van der Waals surface area contributed by atoms with Crippen molar-refractivity contribution in [2.75, 3.05) is 20.1 Å². The number of piperidine rings is 1. The van der Waals surface area contributed by atoms with Crippen molar-refractivity contribution >= 4 is 5.91 Å². The molecule has 1 heterocycles. The van der Waals surface area contributed by atoms with Crippen molar-refractivity contribution in [3.8, 4) is 0 Å². The van der Waals surface area contributed by atoms with Gasteiger partial charge < -0.3 is 10.2 Å². The third-order valence-corrected chi connectivity index (χ3v) is 3.49. The molecule has 0 radical (unpaired) electrons. The molecule has 1 fully saturated rings. The SMILES string of the molecule is CNC(C)CN1CCC(C(C)C)CC1=O. The van der Waals surface area contributed by atoms with E-state index < -0.39 is 0 Å². The summed E-state index contributed by atoms with van der Waals surface area (Å²) in [4.78, 5) is 13.9. The predicted molar refractivity (Wildman–Crippen MR) is 62.7 cm³/mol. The van der Waals surface area contributed by atoms with Crippen molar-refractivity contribution in [1.82, 2.24) is 10.2 Å². The Balaban J connectivity index is 2.42. The van der Waals surface area contributed by atoms with E-state index >= 15 is 0 Å². The monoisotopic (exact) mass is 212 g/mol. The van der Waals surface area contributed by atoms with Crippen LogP contribution in [0.3, 0.4) is 0 Å². The third-order valence-electron chi connectivity index (χ3n) is 3.49. The highest BCUT2D eigenvalue weighted by Gasteiger charge is 2.27. The molecule has 0 aromatic rings. The minimum Gasteiger partial charge on any atom is -0.341 e. The Morgan fingerprint density at radius 3 is 2.60 bits per heavy atom. The number of rotatable bonds is 4. The molecule has 3 nitrogen and oxygen atoms in total. The quantitative estimate of drug-likeness (QED) is 0.765. The molecule has 0 spiro atoms. The first-order valence-electron chi connectivity index (χ1n) is 5.99. The maximum atomic E-state index is 11.9. The van der Waals surface area contributed by atoms with Gasteiger partial charge in [0.15, 0.2) is 0 Å². The van der Waals surface area contributed by atoms with Gasteiger partial charge in [0.1, 0.15) is 0 Å². The third kappa shape index (κ3) is 3.49. The molecule has 1 aliphatic rings. The van der Waals surface area contributed by atoms with Gasteiger partial charge in [-0.3, -0.25) is 4.79 Å². The fourth-order valence-electron chi connectivity index (χ4n) is 2.09. The second-order valence-corrected chi connectivity index (χ2v) is 5.03.